The van der Waals surface area contributed by atoms with E-state index in [-0.39, 0.29) is 54.5 Å². The minimum Gasteiger partial charge on any atom is -0.467 e. The van der Waals surface area contributed by atoms with Crippen molar-refractivity contribution in [3.8, 4) is 23.0 Å². The second-order valence-corrected chi connectivity index (χ2v) is 15.4. The van der Waals surface area contributed by atoms with Gasteiger partial charge in [0, 0.05) is 49.7 Å². The number of nitrogens with zero attached hydrogens (tertiary/aromatic N) is 6. The number of hydrogen-bond acceptors (Lipinski definition) is 9. The summed E-state index contributed by atoms with van der Waals surface area (Å²) >= 11 is 6.86. The summed E-state index contributed by atoms with van der Waals surface area (Å²) in [5, 5.41) is 11.0. The van der Waals surface area contributed by atoms with E-state index in [0.29, 0.717) is 53.6 Å². The van der Waals surface area contributed by atoms with Crippen LogP contribution in [-0.4, -0.2) is 106 Å². The molecular formula is C36H41ClF2N6O5. The Morgan fingerprint density at radius 3 is 2.50 bits per heavy atom. The van der Waals surface area contributed by atoms with Crippen LogP contribution in [0, 0.1) is 5.82 Å². The molecule has 9 rings (SSSR count). The number of fused-ring (bicyclic) bond motifs is 4. The third-order valence-corrected chi connectivity index (χ3v) is 12.0. The molecule has 1 amide bonds. The number of amides is 1. The van der Waals surface area contributed by atoms with Crippen molar-refractivity contribution in [3.05, 3.63) is 34.2 Å². The number of ether oxygens (including phenoxy) is 3. The van der Waals surface area contributed by atoms with Crippen molar-refractivity contribution < 1.29 is 32.9 Å². The van der Waals surface area contributed by atoms with Gasteiger partial charge in [-0.3, -0.25) is 9.80 Å². The fourth-order valence-corrected chi connectivity index (χ4v) is 9.47. The number of methoxy groups -OCH3 is 1. The van der Waals surface area contributed by atoms with Crippen LogP contribution in [0.3, 0.4) is 0 Å². The molecule has 0 spiro atoms. The molecule has 6 aliphatic rings. The largest absolute Gasteiger partial charge is 0.467 e. The van der Waals surface area contributed by atoms with Gasteiger partial charge < -0.3 is 24.2 Å². The van der Waals surface area contributed by atoms with Gasteiger partial charge in [-0.05, 0) is 81.5 Å². The lowest BCUT2D eigenvalue weighted by Crippen LogP contribution is -2.55. The Bertz CT molecular complexity index is 1850. The van der Waals surface area contributed by atoms with Crippen LogP contribution in [0.25, 0.3) is 22.2 Å². The molecule has 266 valence electrons. The highest BCUT2D eigenvalue weighted by Gasteiger charge is 2.50. The second-order valence-electron chi connectivity index (χ2n) is 15.0. The van der Waals surface area contributed by atoms with E-state index in [1.54, 1.807) is 17.0 Å². The maximum absolute atomic E-state index is 17.4. The number of piperazine rings is 1. The van der Waals surface area contributed by atoms with E-state index in [1.807, 2.05) is 0 Å². The van der Waals surface area contributed by atoms with Crippen LogP contribution in [0.1, 0.15) is 80.9 Å². The average molecular weight is 711 g/mol. The van der Waals surface area contributed by atoms with Gasteiger partial charge in [0.1, 0.15) is 35.6 Å². The van der Waals surface area contributed by atoms with Crippen LogP contribution >= 0.6 is 11.6 Å². The normalized spacial score (nSPS) is 27.7. The number of pyridine rings is 1. The zero-order valence-corrected chi connectivity index (χ0v) is 28.8. The van der Waals surface area contributed by atoms with Gasteiger partial charge in [0.25, 0.3) is 0 Å². The Kier molecular flexibility index (Phi) is 7.96. The Balaban J connectivity index is 1.20. The van der Waals surface area contributed by atoms with E-state index in [4.69, 9.17) is 40.8 Å². The molecule has 3 aromatic rings. The first-order chi connectivity index (χ1) is 24.2. The smallest absolute Gasteiger partial charge is 0.407 e. The summed E-state index contributed by atoms with van der Waals surface area (Å²) in [6.45, 7) is 2.25. The van der Waals surface area contributed by atoms with Crippen LogP contribution in [0.2, 0.25) is 5.02 Å². The molecule has 1 N–H and O–H groups in total. The highest BCUT2D eigenvalue weighted by atomic mass is 35.5. The molecule has 2 aliphatic carbocycles. The molecular weight excluding hydrogens is 670 g/mol. The van der Waals surface area contributed by atoms with E-state index < -0.39 is 23.6 Å². The zero-order chi connectivity index (χ0) is 34.3. The van der Waals surface area contributed by atoms with Gasteiger partial charge in [-0.15, -0.1) is 0 Å². The summed E-state index contributed by atoms with van der Waals surface area (Å²) in [4.78, 5) is 32.8. The fourth-order valence-electron chi connectivity index (χ4n) is 9.11. The van der Waals surface area contributed by atoms with Gasteiger partial charge in [0.15, 0.2) is 12.6 Å². The SMILES string of the molecule is COCOc1cc(Cl)c(C2CC2)c(-c2nc(C3CC3)c3c(N4C[C@H]5CC[C@@H](C4)N5C(=O)O)nc(OC[C@@]45CCCN4C[C@H](F)C5)nc3c2F)c1. The molecule has 2 bridgehead atoms. The van der Waals surface area contributed by atoms with E-state index in [1.165, 1.54) is 7.11 Å². The van der Waals surface area contributed by atoms with Gasteiger partial charge in [0.05, 0.1) is 28.7 Å². The molecule has 0 unspecified atom stereocenters. The minimum atomic E-state index is -0.922. The lowest BCUT2D eigenvalue weighted by atomic mass is 9.95. The van der Waals surface area contributed by atoms with Gasteiger partial charge >= 0.3 is 12.1 Å². The first kappa shape index (κ1) is 32.4. The maximum atomic E-state index is 17.4. The molecule has 4 saturated heterocycles. The predicted octanol–water partition coefficient (Wildman–Crippen LogP) is 6.51. The van der Waals surface area contributed by atoms with Crippen LogP contribution in [-0.2, 0) is 4.74 Å². The Morgan fingerprint density at radius 2 is 1.80 bits per heavy atom. The summed E-state index contributed by atoms with van der Waals surface area (Å²) < 4.78 is 49.3. The fraction of sp³-hybridized carbons (Fsp3) is 0.611. The van der Waals surface area contributed by atoms with E-state index in [2.05, 4.69) is 9.80 Å². The van der Waals surface area contributed by atoms with Crippen molar-refractivity contribution in [2.24, 2.45) is 0 Å². The molecule has 6 fully saturated rings. The Morgan fingerprint density at radius 1 is 1.04 bits per heavy atom. The molecule has 14 heteroatoms. The highest BCUT2D eigenvalue weighted by molar-refractivity contribution is 6.32. The van der Waals surface area contributed by atoms with E-state index >= 15 is 4.39 Å². The highest BCUT2D eigenvalue weighted by Crippen LogP contribution is 2.52. The number of benzene rings is 1. The number of alkyl halides is 1. The van der Waals surface area contributed by atoms with E-state index in [9.17, 15) is 14.3 Å². The van der Waals surface area contributed by atoms with Crippen molar-refractivity contribution in [3.63, 3.8) is 0 Å². The average Bonchev–Trinajstić information content (AvgIpc) is 4.02. The van der Waals surface area contributed by atoms with Crippen LogP contribution in [0.5, 0.6) is 11.8 Å². The molecule has 1 aromatic carbocycles. The number of carbonyl (C=O) groups is 1. The lowest BCUT2D eigenvalue weighted by molar-refractivity contribution is 0.0511. The molecule has 11 nitrogen and oxygen atoms in total. The van der Waals surface area contributed by atoms with Crippen molar-refractivity contribution in [2.45, 2.75) is 93.4 Å². The summed E-state index contributed by atoms with van der Waals surface area (Å²) in [6.07, 6.45) is 5.52. The maximum Gasteiger partial charge on any atom is 0.407 e. The Hall–Kier alpha value is -3.55. The molecule has 2 aromatic heterocycles. The number of carboxylic acid groups (broad SMARTS) is 1. The Labute approximate surface area is 293 Å². The summed E-state index contributed by atoms with van der Waals surface area (Å²) in [7, 11) is 1.53. The van der Waals surface area contributed by atoms with Crippen LogP contribution in [0.4, 0.5) is 19.4 Å². The molecule has 0 radical (unpaired) electrons. The minimum absolute atomic E-state index is 0.00991. The first-order valence-corrected chi connectivity index (χ1v) is 18.3. The third kappa shape index (κ3) is 5.51. The summed E-state index contributed by atoms with van der Waals surface area (Å²) in [6, 6.07) is 3.15. The van der Waals surface area contributed by atoms with E-state index in [0.717, 1.165) is 69.2 Å². The number of hydrogen-bond donors (Lipinski definition) is 1. The lowest BCUT2D eigenvalue weighted by Gasteiger charge is -2.40. The third-order valence-electron chi connectivity index (χ3n) is 11.7. The van der Waals surface area contributed by atoms with Gasteiger partial charge in [-0.25, -0.2) is 18.6 Å². The molecule has 2 saturated carbocycles. The van der Waals surface area contributed by atoms with Crippen molar-refractivity contribution in [2.75, 3.05) is 51.6 Å². The second kappa shape index (κ2) is 12.3. The quantitative estimate of drug-likeness (QED) is 0.234. The number of aromatic nitrogens is 3. The first-order valence-electron chi connectivity index (χ1n) is 17.9. The van der Waals surface area contributed by atoms with Gasteiger partial charge in [0.2, 0.25) is 0 Å². The van der Waals surface area contributed by atoms with Gasteiger partial charge in [-0.2, -0.15) is 9.97 Å². The van der Waals surface area contributed by atoms with Gasteiger partial charge in [-0.1, -0.05) is 11.6 Å². The number of rotatable bonds is 10. The van der Waals surface area contributed by atoms with Crippen molar-refractivity contribution in [1.29, 1.82) is 0 Å². The number of halogens is 3. The number of anilines is 1. The topological polar surface area (TPSA) is 113 Å². The van der Waals surface area contributed by atoms with Crippen LogP contribution in [0.15, 0.2) is 12.1 Å². The molecule has 4 atom stereocenters. The van der Waals surface area contributed by atoms with Crippen molar-refractivity contribution in [1.82, 2.24) is 24.8 Å². The summed E-state index contributed by atoms with van der Waals surface area (Å²) in [5.74, 6) is 0.655. The summed E-state index contributed by atoms with van der Waals surface area (Å²) in [5.41, 5.74) is 1.98. The monoisotopic (exact) mass is 710 g/mol. The zero-order valence-electron chi connectivity index (χ0n) is 28.0. The molecule has 6 heterocycles. The standard InChI is InChI=1S/C36H41ClF2N6O5/c1-48-18-50-24-11-25(27(19-3-4-19)26(37)12-24)31-29(39)32-28(30(40-31)20-5-6-20)33(43-15-22-7-8-23(16-43)45(22)35(46)47)42-34(41-32)49-17-36-9-2-10-44(36)14-21(38)13-36/h11-12,19-23H,2-10,13-18H2,1H3,(H,46,47)/t21-,22-,23+,36+/m1/s1. The van der Waals surface area contributed by atoms with Crippen LogP contribution < -0.4 is 14.4 Å². The molecule has 4 aliphatic heterocycles. The van der Waals surface area contributed by atoms with Crippen molar-refractivity contribution >= 4 is 34.4 Å². The predicted molar refractivity (Wildman–Crippen MR) is 182 cm³/mol. The molecule has 50 heavy (non-hydrogen) atoms.